The van der Waals surface area contributed by atoms with E-state index in [1.807, 2.05) is 0 Å². The van der Waals surface area contributed by atoms with Crippen LogP contribution in [0.1, 0.15) is 19.8 Å². The number of hydrogen-bond donors (Lipinski definition) is 0. The summed E-state index contributed by atoms with van der Waals surface area (Å²) in [4.78, 5) is 11.0. The van der Waals surface area contributed by atoms with Crippen molar-refractivity contribution in [3.05, 3.63) is 0 Å². The van der Waals surface area contributed by atoms with Crippen LogP contribution in [0.2, 0.25) is 0 Å². The van der Waals surface area contributed by atoms with Crippen molar-refractivity contribution < 1.29 is 22.2 Å². The molecule has 1 unspecified atom stereocenters. The standard InChI is InChI=1S/C11H22NO4PSi/c1-11(13)3-2-10-17-18-12(4-7-14-18,5-8-15-18)6-9-16-18/h17H,2-10H2,1H3. The first kappa shape index (κ1) is 13.2. The van der Waals surface area contributed by atoms with E-state index in [9.17, 15) is 4.79 Å². The number of ketones is 1. The zero-order valence-electron chi connectivity index (χ0n) is 10.9. The van der Waals surface area contributed by atoms with E-state index in [1.165, 1.54) is 0 Å². The summed E-state index contributed by atoms with van der Waals surface area (Å²) in [5.74, 6) is 0.269. The number of rotatable bonds is 5. The first-order valence-corrected chi connectivity index (χ1v) is 11.2. The Morgan fingerprint density at radius 2 is 1.72 bits per heavy atom. The van der Waals surface area contributed by atoms with Gasteiger partial charge in [-0.1, -0.05) is 0 Å². The van der Waals surface area contributed by atoms with Crippen LogP contribution in [0.15, 0.2) is 0 Å². The average Bonchev–Trinajstić information content (AvgIpc) is 2.83. The molecule has 0 aromatic carbocycles. The van der Waals surface area contributed by atoms with Crippen molar-refractivity contribution in [2.24, 2.45) is 0 Å². The summed E-state index contributed by atoms with van der Waals surface area (Å²) in [5.41, 5.74) is 0. The molecule has 104 valence electrons. The van der Waals surface area contributed by atoms with Crippen LogP contribution >= 0.6 is 8.13 Å². The molecule has 0 spiro atoms. The Balaban J connectivity index is 1.72. The van der Waals surface area contributed by atoms with Crippen molar-refractivity contribution in [2.45, 2.75) is 19.8 Å². The van der Waals surface area contributed by atoms with E-state index >= 15 is 0 Å². The normalized spacial score (nSPS) is 38.4. The molecule has 3 aliphatic rings. The Labute approximate surface area is 110 Å². The van der Waals surface area contributed by atoms with Crippen molar-refractivity contribution in [1.29, 1.82) is 0 Å². The summed E-state index contributed by atoms with van der Waals surface area (Å²) in [6.45, 7) is 7.20. The molecule has 7 heteroatoms. The van der Waals surface area contributed by atoms with Crippen LogP contribution in [0.4, 0.5) is 0 Å². The summed E-state index contributed by atoms with van der Waals surface area (Å²) in [5, 5.41) is 0. The fraction of sp³-hybridized carbons (Fsp3) is 0.909. The van der Waals surface area contributed by atoms with Crippen molar-refractivity contribution in [3.63, 3.8) is 0 Å². The maximum absolute atomic E-state index is 11.0. The van der Waals surface area contributed by atoms with Gasteiger partial charge in [-0.3, -0.25) is 0 Å². The molecule has 1 atom stereocenters. The van der Waals surface area contributed by atoms with Gasteiger partial charge in [0.05, 0.1) is 0 Å². The Morgan fingerprint density at radius 1 is 1.17 bits per heavy atom. The summed E-state index contributed by atoms with van der Waals surface area (Å²) >= 11 is 0. The van der Waals surface area contributed by atoms with Gasteiger partial charge in [-0.25, -0.2) is 0 Å². The average molecular weight is 291 g/mol. The second kappa shape index (κ2) is 4.33. The van der Waals surface area contributed by atoms with Gasteiger partial charge in [-0.15, -0.1) is 0 Å². The Hall–Kier alpha value is 0.157. The molecule has 3 fully saturated rings. The number of nitrogens with zero attached hydrogens (tertiary/aromatic N) is 1. The predicted molar refractivity (Wildman–Crippen MR) is 71.6 cm³/mol. The van der Waals surface area contributed by atoms with Gasteiger partial charge in [-0.05, 0) is 0 Å². The summed E-state index contributed by atoms with van der Waals surface area (Å²) in [6, 6.07) is 0. The minimum atomic E-state index is -3.12. The Kier molecular flexibility index (Phi) is 3.17. The molecule has 5 nitrogen and oxygen atoms in total. The molecule has 0 radical (unpaired) electrons. The number of carbonyl (C=O) groups is 1. The van der Waals surface area contributed by atoms with E-state index in [0.29, 0.717) is 14.5 Å². The molecule has 3 saturated heterocycles. The van der Waals surface area contributed by atoms with Crippen LogP contribution in [-0.4, -0.2) is 63.5 Å². The van der Waals surface area contributed by atoms with Gasteiger partial charge in [0.15, 0.2) is 0 Å². The van der Waals surface area contributed by atoms with Crippen LogP contribution in [0.25, 0.3) is 0 Å². The summed E-state index contributed by atoms with van der Waals surface area (Å²) in [7, 11) is -2.51. The molecule has 0 aromatic heterocycles. The minimum absolute atomic E-state index is 0.269. The Bertz CT molecular complexity index is 346. The SMILES string of the molecule is CC(=O)CCCP[Si-]123OCC[N+]1(CCO2)CCO3. The van der Waals surface area contributed by atoms with Crippen LogP contribution < -0.4 is 0 Å². The van der Waals surface area contributed by atoms with Crippen LogP contribution in [0, 0.1) is 0 Å². The topological polar surface area (TPSA) is 44.8 Å². The molecule has 3 heterocycles. The van der Waals surface area contributed by atoms with Crippen molar-refractivity contribution in [1.82, 2.24) is 0 Å². The third-order valence-corrected chi connectivity index (χ3v) is 15.5. The quantitative estimate of drug-likeness (QED) is 0.427. The van der Waals surface area contributed by atoms with Crippen LogP contribution in [-0.2, 0) is 18.1 Å². The molecular weight excluding hydrogens is 269 g/mol. The van der Waals surface area contributed by atoms with Gasteiger partial charge in [0, 0.05) is 0 Å². The van der Waals surface area contributed by atoms with Gasteiger partial charge in [-0.2, -0.15) is 0 Å². The van der Waals surface area contributed by atoms with E-state index in [0.717, 1.165) is 56.2 Å². The van der Waals surface area contributed by atoms with Gasteiger partial charge >= 0.3 is 109 Å². The molecule has 3 rings (SSSR count). The number of carbonyl (C=O) groups excluding carboxylic acids is 1. The van der Waals surface area contributed by atoms with Gasteiger partial charge in [0.1, 0.15) is 0 Å². The third kappa shape index (κ3) is 1.60. The molecular formula is C11H22NO4PSi. The van der Waals surface area contributed by atoms with Crippen molar-refractivity contribution >= 4 is 21.8 Å². The molecule has 0 aliphatic carbocycles. The monoisotopic (exact) mass is 291 g/mol. The molecule has 3 aliphatic heterocycles. The van der Waals surface area contributed by atoms with E-state index in [-0.39, 0.29) is 5.78 Å². The molecule has 18 heavy (non-hydrogen) atoms. The van der Waals surface area contributed by atoms with E-state index in [1.54, 1.807) is 6.92 Å². The number of Topliss-reactive ketones (excluding diaryl/α,β-unsaturated/α-hetero) is 1. The van der Waals surface area contributed by atoms with Crippen molar-refractivity contribution in [2.75, 3.05) is 45.6 Å². The molecule has 0 N–H and O–H groups in total. The van der Waals surface area contributed by atoms with Crippen molar-refractivity contribution in [3.8, 4) is 0 Å². The van der Waals surface area contributed by atoms with Crippen LogP contribution in [0.3, 0.4) is 0 Å². The molecule has 0 aromatic rings. The van der Waals surface area contributed by atoms with Gasteiger partial charge in [0.2, 0.25) is 0 Å². The summed E-state index contributed by atoms with van der Waals surface area (Å²) < 4.78 is 19.5. The predicted octanol–water partition coefficient (Wildman–Crippen LogP) is 0.828. The number of quaternary nitrogens is 1. The van der Waals surface area contributed by atoms with E-state index in [4.69, 9.17) is 13.3 Å². The van der Waals surface area contributed by atoms with Gasteiger partial charge in [0.25, 0.3) is 0 Å². The first-order valence-electron chi connectivity index (χ1n) is 6.81. The second-order valence-electron chi connectivity index (χ2n) is 5.54. The Morgan fingerprint density at radius 3 is 2.22 bits per heavy atom. The van der Waals surface area contributed by atoms with E-state index < -0.39 is 7.91 Å². The summed E-state index contributed by atoms with van der Waals surface area (Å²) in [6.07, 6.45) is 2.61. The first-order chi connectivity index (χ1) is 8.61. The van der Waals surface area contributed by atoms with Crippen LogP contribution in [0.5, 0.6) is 0 Å². The molecule has 0 amide bonds. The second-order valence-corrected chi connectivity index (χ2v) is 13.7. The molecule has 0 saturated carbocycles. The molecule has 0 bridgehead atoms. The fourth-order valence-electron chi connectivity index (χ4n) is 3.61. The van der Waals surface area contributed by atoms with E-state index in [2.05, 4.69) is 0 Å². The zero-order chi connectivity index (χ0) is 12.7. The number of hydrogen-bond acceptors (Lipinski definition) is 4. The van der Waals surface area contributed by atoms with Gasteiger partial charge < -0.3 is 0 Å². The zero-order valence-corrected chi connectivity index (χ0v) is 12.9. The maximum atomic E-state index is 11.0. The fourth-order valence-corrected chi connectivity index (χ4v) is 14.5. The third-order valence-electron chi connectivity index (χ3n) is 4.57.